The number of carboxylic acids is 1. The van der Waals surface area contributed by atoms with Gasteiger partial charge in [-0.1, -0.05) is 18.2 Å². The third-order valence-electron chi connectivity index (χ3n) is 3.34. The number of carbonyl (C=O) groups is 3. The van der Waals surface area contributed by atoms with Crippen molar-refractivity contribution >= 4 is 23.6 Å². The van der Waals surface area contributed by atoms with E-state index in [0.29, 0.717) is 18.8 Å². The second kappa shape index (κ2) is 6.25. The summed E-state index contributed by atoms with van der Waals surface area (Å²) in [6, 6.07) is 7.46. The van der Waals surface area contributed by atoms with Gasteiger partial charge in [-0.3, -0.25) is 14.5 Å². The standard InChI is InChI=1S/C14H17N3O4/c1-10-13(20)15-7-8-16(10)14(21)17(9-12(18)19)11-5-3-2-4-6-11/h2-6,10H,7-9H2,1H3,(H,15,20)(H,18,19). The van der Waals surface area contributed by atoms with Crippen LogP contribution in [0.5, 0.6) is 0 Å². The third-order valence-corrected chi connectivity index (χ3v) is 3.34. The maximum atomic E-state index is 12.6. The molecule has 1 aliphatic heterocycles. The number of nitrogens with zero attached hydrogens (tertiary/aromatic N) is 2. The van der Waals surface area contributed by atoms with Gasteiger partial charge in [-0.15, -0.1) is 0 Å². The van der Waals surface area contributed by atoms with Gasteiger partial charge in [0.25, 0.3) is 0 Å². The number of aliphatic carboxylic acids is 1. The van der Waals surface area contributed by atoms with Gasteiger partial charge < -0.3 is 15.3 Å². The molecule has 2 rings (SSSR count). The van der Waals surface area contributed by atoms with Gasteiger partial charge in [0.2, 0.25) is 5.91 Å². The van der Waals surface area contributed by atoms with E-state index in [2.05, 4.69) is 5.32 Å². The van der Waals surface area contributed by atoms with Crippen molar-refractivity contribution in [2.45, 2.75) is 13.0 Å². The number of benzene rings is 1. The number of carboxylic acid groups (broad SMARTS) is 1. The minimum atomic E-state index is -1.11. The number of hydrogen-bond acceptors (Lipinski definition) is 3. The molecule has 0 saturated carbocycles. The maximum absolute atomic E-state index is 12.6. The van der Waals surface area contributed by atoms with Crippen LogP contribution >= 0.6 is 0 Å². The third kappa shape index (κ3) is 3.31. The van der Waals surface area contributed by atoms with Crippen LogP contribution in [0.4, 0.5) is 10.5 Å². The number of para-hydroxylation sites is 1. The average molecular weight is 291 g/mol. The van der Waals surface area contributed by atoms with E-state index in [-0.39, 0.29) is 5.91 Å². The van der Waals surface area contributed by atoms with E-state index in [1.54, 1.807) is 37.3 Å². The first-order valence-electron chi connectivity index (χ1n) is 6.63. The number of anilines is 1. The fourth-order valence-electron chi connectivity index (χ4n) is 2.21. The molecule has 21 heavy (non-hydrogen) atoms. The second-order valence-corrected chi connectivity index (χ2v) is 4.76. The zero-order valence-electron chi connectivity index (χ0n) is 11.7. The summed E-state index contributed by atoms with van der Waals surface area (Å²) >= 11 is 0. The molecule has 112 valence electrons. The Morgan fingerprint density at radius 1 is 1.38 bits per heavy atom. The predicted molar refractivity (Wildman–Crippen MR) is 76.0 cm³/mol. The summed E-state index contributed by atoms with van der Waals surface area (Å²) in [5, 5.41) is 11.7. The minimum absolute atomic E-state index is 0.238. The van der Waals surface area contributed by atoms with E-state index in [0.717, 1.165) is 4.90 Å². The highest BCUT2D eigenvalue weighted by Gasteiger charge is 2.33. The van der Waals surface area contributed by atoms with Crippen LogP contribution in [0.15, 0.2) is 30.3 Å². The highest BCUT2D eigenvalue weighted by Crippen LogP contribution is 2.17. The van der Waals surface area contributed by atoms with E-state index < -0.39 is 24.6 Å². The van der Waals surface area contributed by atoms with Gasteiger partial charge in [0, 0.05) is 18.8 Å². The Hall–Kier alpha value is -2.57. The zero-order valence-corrected chi connectivity index (χ0v) is 11.7. The summed E-state index contributed by atoms with van der Waals surface area (Å²) in [4.78, 5) is 37.8. The number of urea groups is 1. The Morgan fingerprint density at radius 3 is 2.67 bits per heavy atom. The first-order chi connectivity index (χ1) is 10.0. The Kier molecular flexibility index (Phi) is 4.42. The van der Waals surface area contributed by atoms with Crippen molar-refractivity contribution in [3.63, 3.8) is 0 Å². The molecular weight excluding hydrogens is 274 g/mol. The summed E-state index contributed by atoms with van der Waals surface area (Å²) < 4.78 is 0. The van der Waals surface area contributed by atoms with E-state index in [1.807, 2.05) is 0 Å². The Balaban J connectivity index is 2.26. The van der Waals surface area contributed by atoms with Crippen molar-refractivity contribution < 1.29 is 19.5 Å². The largest absolute Gasteiger partial charge is 0.480 e. The van der Waals surface area contributed by atoms with Crippen LogP contribution in [-0.2, 0) is 9.59 Å². The van der Waals surface area contributed by atoms with Crippen LogP contribution in [0.25, 0.3) is 0 Å². The lowest BCUT2D eigenvalue weighted by molar-refractivity contribution is -0.135. The van der Waals surface area contributed by atoms with Crippen LogP contribution in [0.2, 0.25) is 0 Å². The molecule has 3 amide bonds. The number of amides is 3. The molecule has 1 heterocycles. The summed E-state index contributed by atoms with van der Waals surface area (Å²) in [6.45, 7) is 1.89. The molecule has 7 heteroatoms. The fourth-order valence-corrected chi connectivity index (χ4v) is 2.21. The molecule has 0 aliphatic carbocycles. The monoisotopic (exact) mass is 291 g/mol. The molecule has 1 aromatic rings. The summed E-state index contributed by atoms with van der Waals surface area (Å²) in [5.41, 5.74) is 0.489. The van der Waals surface area contributed by atoms with Crippen molar-refractivity contribution in [1.82, 2.24) is 10.2 Å². The molecule has 0 aromatic heterocycles. The molecule has 1 fully saturated rings. The summed E-state index contributed by atoms with van der Waals surface area (Å²) in [6.07, 6.45) is 0. The second-order valence-electron chi connectivity index (χ2n) is 4.76. The lowest BCUT2D eigenvalue weighted by atomic mass is 10.2. The maximum Gasteiger partial charge on any atom is 0.325 e. The van der Waals surface area contributed by atoms with E-state index in [4.69, 9.17) is 5.11 Å². The van der Waals surface area contributed by atoms with Crippen molar-refractivity contribution in [1.29, 1.82) is 0 Å². The van der Waals surface area contributed by atoms with Crippen molar-refractivity contribution in [2.75, 3.05) is 24.5 Å². The predicted octanol–water partition coefficient (Wildman–Crippen LogP) is 0.518. The lowest BCUT2D eigenvalue weighted by Crippen LogP contribution is -2.59. The first-order valence-corrected chi connectivity index (χ1v) is 6.63. The summed E-state index contributed by atoms with van der Waals surface area (Å²) in [5.74, 6) is -1.35. The highest BCUT2D eigenvalue weighted by atomic mass is 16.4. The van der Waals surface area contributed by atoms with Crippen LogP contribution < -0.4 is 10.2 Å². The Bertz CT molecular complexity index is 546. The molecule has 2 N–H and O–H groups in total. The van der Waals surface area contributed by atoms with Crippen LogP contribution in [0.3, 0.4) is 0 Å². The zero-order chi connectivity index (χ0) is 15.4. The smallest absolute Gasteiger partial charge is 0.325 e. The van der Waals surface area contributed by atoms with Gasteiger partial charge in [-0.25, -0.2) is 4.79 Å². The first kappa shape index (κ1) is 14.8. The van der Waals surface area contributed by atoms with Crippen molar-refractivity contribution in [3.8, 4) is 0 Å². The van der Waals surface area contributed by atoms with Gasteiger partial charge in [0.05, 0.1) is 0 Å². The molecule has 0 spiro atoms. The number of hydrogen-bond donors (Lipinski definition) is 2. The number of nitrogens with one attached hydrogen (secondary N) is 1. The van der Waals surface area contributed by atoms with Gasteiger partial charge in [-0.2, -0.15) is 0 Å². The quantitative estimate of drug-likeness (QED) is 0.849. The molecule has 1 aromatic carbocycles. The molecule has 1 saturated heterocycles. The molecule has 7 nitrogen and oxygen atoms in total. The van der Waals surface area contributed by atoms with Crippen LogP contribution in [0, 0.1) is 0 Å². The van der Waals surface area contributed by atoms with Gasteiger partial charge in [-0.05, 0) is 19.1 Å². The fraction of sp³-hybridized carbons (Fsp3) is 0.357. The minimum Gasteiger partial charge on any atom is -0.480 e. The SMILES string of the molecule is CC1C(=O)NCCN1C(=O)N(CC(=O)O)c1ccccc1. The number of piperazine rings is 1. The average Bonchev–Trinajstić information content (AvgIpc) is 2.48. The molecule has 1 unspecified atom stereocenters. The van der Waals surface area contributed by atoms with Gasteiger partial charge >= 0.3 is 12.0 Å². The van der Waals surface area contributed by atoms with Crippen molar-refractivity contribution in [2.24, 2.45) is 0 Å². The topological polar surface area (TPSA) is 90.0 Å². The van der Waals surface area contributed by atoms with Crippen LogP contribution in [-0.4, -0.2) is 53.6 Å². The van der Waals surface area contributed by atoms with E-state index in [1.165, 1.54) is 4.90 Å². The van der Waals surface area contributed by atoms with Crippen LogP contribution in [0.1, 0.15) is 6.92 Å². The van der Waals surface area contributed by atoms with E-state index in [9.17, 15) is 14.4 Å². The number of carbonyl (C=O) groups excluding carboxylic acids is 2. The Morgan fingerprint density at radius 2 is 2.05 bits per heavy atom. The molecular formula is C14H17N3O4. The normalized spacial score (nSPS) is 18.0. The molecule has 0 bridgehead atoms. The molecule has 1 aliphatic rings. The Labute approximate surface area is 122 Å². The number of rotatable bonds is 3. The van der Waals surface area contributed by atoms with Gasteiger partial charge in [0.15, 0.2) is 0 Å². The lowest BCUT2D eigenvalue weighted by Gasteiger charge is -2.36. The summed E-state index contributed by atoms with van der Waals surface area (Å²) in [7, 11) is 0. The highest BCUT2D eigenvalue weighted by molar-refractivity contribution is 5.99. The van der Waals surface area contributed by atoms with Crippen molar-refractivity contribution in [3.05, 3.63) is 30.3 Å². The van der Waals surface area contributed by atoms with E-state index >= 15 is 0 Å². The van der Waals surface area contributed by atoms with Gasteiger partial charge in [0.1, 0.15) is 12.6 Å². The molecule has 1 atom stereocenters. The molecule has 0 radical (unpaired) electrons.